The molecule has 2 fully saturated rings. The van der Waals surface area contributed by atoms with Crippen LogP contribution in [0.3, 0.4) is 0 Å². The van der Waals surface area contributed by atoms with E-state index in [0.717, 1.165) is 27.8 Å². The van der Waals surface area contributed by atoms with E-state index in [2.05, 4.69) is 0 Å². The summed E-state index contributed by atoms with van der Waals surface area (Å²) in [6.45, 7) is 0.228. The minimum Gasteiger partial charge on any atom is -0.443 e. The van der Waals surface area contributed by atoms with Gasteiger partial charge in [-0.1, -0.05) is 4.47 Å². The third-order valence-corrected chi connectivity index (χ3v) is 5.31. The average Bonchev–Trinajstić information content (AvgIpc) is 2.79. The van der Waals surface area contributed by atoms with Crippen molar-refractivity contribution in [3.63, 3.8) is 0 Å². The number of nitrogens with zero attached hydrogens (tertiary/aromatic N) is 3. The highest BCUT2D eigenvalue weighted by molar-refractivity contribution is 7.88. The second-order valence-electron chi connectivity index (χ2n) is 6.22. The van der Waals surface area contributed by atoms with Gasteiger partial charge in [0.05, 0.1) is 31.6 Å². The van der Waals surface area contributed by atoms with E-state index in [1.165, 1.54) is 4.90 Å². The molecule has 0 bridgehead atoms. The molecule has 0 saturated carbocycles. The molecule has 12 heteroatoms. The topological polar surface area (TPSA) is 105 Å². The predicted octanol–water partition coefficient (Wildman–Crippen LogP) is 0.262. The molecule has 9 nitrogen and oxygen atoms in total. The summed E-state index contributed by atoms with van der Waals surface area (Å²) in [5.74, 6) is -1.75. The number of amides is 1. The molecule has 1 aromatic carbocycles. The van der Waals surface area contributed by atoms with E-state index in [9.17, 15) is 22.0 Å². The lowest BCUT2D eigenvalue weighted by Crippen LogP contribution is -2.34. The third kappa shape index (κ3) is 4.13. The maximum atomic E-state index is 14.7. The molecule has 0 radical (unpaired) electrons. The molecule has 0 aliphatic carbocycles. The van der Waals surface area contributed by atoms with Gasteiger partial charge >= 0.3 is 6.09 Å². The molecule has 0 spiro atoms. The number of hydrogen-bond donors (Lipinski definition) is 1. The summed E-state index contributed by atoms with van der Waals surface area (Å²) in [4.78, 5) is 19.4. The Morgan fingerprint density at radius 2 is 1.89 bits per heavy atom. The number of hydrogen-bond acceptors (Lipinski definition) is 7. The summed E-state index contributed by atoms with van der Waals surface area (Å²) in [5, 5.41) is 0. The number of benzene rings is 1. The Labute approximate surface area is 155 Å². The Morgan fingerprint density at radius 3 is 2.44 bits per heavy atom. The van der Waals surface area contributed by atoms with Gasteiger partial charge in [0, 0.05) is 31.8 Å². The molecule has 2 aliphatic heterocycles. The van der Waals surface area contributed by atoms with Crippen molar-refractivity contribution in [2.75, 3.05) is 55.4 Å². The van der Waals surface area contributed by atoms with E-state index in [4.69, 9.17) is 15.3 Å². The number of cyclic esters (lactones) is 1. The second kappa shape index (κ2) is 7.54. The Kier molecular flexibility index (Phi) is 5.51. The maximum absolute atomic E-state index is 14.7. The second-order valence-corrected chi connectivity index (χ2v) is 8.09. The highest BCUT2D eigenvalue weighted by Gasteiger charge is 2.33. The van der Waals surface area contributed by atoms with Crippen LogP contribution in [0.2, 0.25) is 0 Å². The first-order valence-electron chi connectivity index (χ1n) is 8.23. The van der Waals surface area contributed by atoms with Gasteiger partial charge in [-0.05, 0) is 0 Å². The van der Waals surface area contributed by atoms with Gasteiger partial charge in [-0.15, -0.1) is 0 Å². The van der Waals surface area contributed by atoms with E-state index >= 15 is 0 Å². The van der Waals surface area contributed by atoms with E-state index in [1.807, 2.05) is 0 Å². The molecular formula is C15H20F2N4O5S. The molecule has 1 amide bonds. The van der Waals surface area contributed by atoms with Crippen molar-refractivity contribution in [1.29, 1.82) is 0 Å². The van der Waals surface area contributed by atoms with Gasteiger partial charge in [0.25, 0.3) is 0 Å². The Hall–Kier alpha value is -2.02. The number of ether oxygens (including phenoxy) is 1. The summed E-state index contributed by atoms with van der Waals surface area (Å²) < 4.78 is 58.2. The number of anilines is 2. The van der Waals surface area contributed by atoms with Crippen molar-refractivity contribution in [3.05, 3.63) is 23.8 Å². The van der Waals surface area contributed by atoms with Crippen LogP contribution in [0.25, 0.3) is 0 Å². The summed E-state index contributed by atoms with van der Waals surface area (Å²) >= 11 is 0. The molecule has 0 aromatic heterocycles. The Morgan fingerprint density at radius 1 is 1.22 bits per heavy atom. The zero-order valence-electron chi connectivity index (χ0n) is 14.6. The molecule has 150 valence electrons. The van der Waals surface area contributed by atoms with Crippen molar-refractivity contribution < 1.29 is 31.6 Å². The fourth-order valence-electron chi connectivity index (χ4n) is 2.98. The summed E-state index contributed by atoms with van der Waals surface area (Å²) in [5.41, 5.74) is 5.18. The lowest BCUT2D eigenvalue weighted by Gasteiger charge is -2.24. The van der Waals surface area contributed by atoms with Crippen LogP contribution in [0.15, 0.2) is 12.1 Å². The fourth-order valence-corrected chi connectivity index (χ4v) is 3.66. The molecular weight excluding hydrogens is 386 g/mol. The van der Waals surface area contributed by atoms with Crippen molar-refractivity contribution in [3.8, 4) is 0 Å². The van der Waals surface area contributed by atoms with E-state index in [-0.39, 0.29) is 50.7 Å². The van der Waals surface area contributed by atoms with Crippen LogP contribution < -0.4 is 15.5 Å². The van der Waals surface area contributed by atoms with Crippen molar-refractivity contribution in [1.82, 2.24) is 4.47 Å². The molecule has 2 aliphatic rings. The molecule has 3 rings (SSSR count). The molecule has 1 aromatic rings. The SMILES string of the molecule is CS(=O)(=O)N1CCN(c2c(F)cc(N3C[C@H](CN)OC3=O)cc2F)CCO1. The first-order chi connectivity index (χ1) is 12.7. The highest BCUT2D eigenvalue weighted by Crippen LogP contribution is 2.31. The van der Waals surface area contributed by atoms with E-state index < -0.39 is 33.9 Å². The third-order valence-electron chi connectivity index (χ3n) is 4.29. The lowest BCUT2D eigenvalue weighted by molar-refractivity contribution is -0.0694. The Bertz CT molecular complexity index is 814. The number of sulfonamides is 1. The summed E-state index contributed by atoms with van der Waals surface area (Å²) in [6.07, 6.45) is -0.264. The van der Waals surface area contributed by atoms with Crippen molar-refractivity contribution >= 4 is 27.5 Å². The van der Waals surface area contributed by atoms with Crippen LogP contribution in [0.5, 0.6) is 0 Å². The van der Waals surface area contributed by atoms with Crippen LogP contribution in [0, 0.1) is 11.6 Å². The van der Waals surface area contributed by atoms with Crippen LogP contribution >= 0.6 is 0 Å². The quantitative estimate of drug-likeness (QED) is 0.765. The van der Waals surface area contributed by atoms with Gasteiger partial charge in [-0.2, -0.15) is 0 Å². The predicted molar refractivity (Wildman–Crippen MR) is 92.7 cm³/mol. The largest absolute Gasteiger partial charge is 0.443 e. The van der Waals surface area contributed by atoms with Gasteiger partial charge in [0.1, 0.15) is 11.8 Å². The van der Waals surface area contributed by atoms with Crippen LogP contribution in [0.1, 0.15) is 0 Å². The van der Waals surface area contributed by atoms with Crippen LogP contribution in [-0.4, -0.2) is 70.7 Å². The average molecular weight is 406 g/mol. The van der Waals surface area contributed by atoms with Gasteiger partial charge in [0.2, 0.25) is 10.0 Å². The van der Waals surface area contributed by atoms with E-state index in [1.54, 1.807) is 0 Å². The highest BCUT2D eigenvalue weighted by atomic mass is 32.2. The van der Waals surface area contributed by atoms with Crippen molar-refractivity contribution in [2.45, 2.75) is 6.10 Å². The number of hydroxylamine groups is 1. The smallest absolute Gasteiger partial charge is 0.414 e. The molecule has 1 atom stereocenters. The fraction of sp³-hybridized carbons (Fsp3) is 0.533. The molecule has 0 unspecified atom stereocenters. The minimum atomic E-state index is -3.58. The first kappa shape index (κ1) is 19.7. The van der Waals surface area contributed by atoms with Gasteiger partial charge in [0.15, 0.2) is 11.6 Å². The molecule has 2 saturated heterocycles. The van der Waals surface area contributed by atoms with E-state index in [0.29, 0.717) is 0 Å². The monoisotopic (exact) mass is 406 g/mol. The minimum absolute atomic E-state index is 0.0264. The first-order valence-corrected chi connectivity index (χ1v) is 10.1. The van der Waals surface area contributed by atoms with Crippen LogP contribution in [-0.2, 0) is 19.6 Å². The lowest BCUT2D eigenvalue weighted by atomic mass is 10.2. The number of carbonyl (C=O) groups is 1. The zero-order valence-corrected chi connectivity index (χ0v) is 15.4. The number of nitrogens with two attached hydrogens (primary N) is 1. The van der Waals surface area contributed by atoms with Gasteiger partial charge in [-0.25, -0.2) is 22.0 Å². The van der Waals surface area contributed by atoms with Gasteiger partial charge in [-0.3, -0.25) is 9.74 Å². The maximum Gasteiger partial charge on any atom is 0.414 e. The zero-order chi connectivity index (χ0) is 19.8. The number of rotatable bonds is 4. The number of halogens is 2. The normalized spacial score (nSPS) is 22.1. The molecule has 27 heavy (non-hydrogen) atoms. The molecule has 2 heterocycles. The number of carbonyl (C=O) groups excluding carboxylic acids is 1. The summed E-state index contributed by atoms with van der Waals surface area (Å²) in [7, 11) is -3.58. The molecule has 2 N–H and O–H groups in total. The van der Waals surface area contributed by atoms with Crippen LogP contribution in [0.4, 0.5) is 25.0 Å². The van der Waals surface area contributed by atoms with Crippen molar-refractivity contribution in [2.24, 2.45) is 5.73 Å². The Balaban J connectivity index is 1.82. The summed E-state index contributed by atoms with van der Waals surface area (Å²) in [6, 6.07) is 2.08. The van der Waals surface area contributed by atoms with Gasteiger partial charge < -0.3 is 15.4 Å². The standard InChI is InChI=1S/C15H20F2N4O5S/c1-27(23,24)21-3-2-19(4-5-25-21)14-12(16)6-10(7-13(14)17)20-9-11(8-18)26-15(20)22/h6-7,11H,2-5,8-9,18H2,1H3/t11-/m0/s1.